The van der Waals surface area contributed by atoms with Crippen molar-refractivity contribution in [2.45, 2.75) is 51.2 Å². The third-order valence-electron chi connectivity index (χ3n) is 4.23. The predicted molar refractivity (Wildman–Crippen MR) is 91.3 cm³/mol. The number of rotatable bonds is 6. The molecule has 2 aromatic rings. The van der Waals surface area contributed by atoms with Gasteiger partial charge in [-0.05, 0) is 18.6 Å². The van der Waals surface area contributed by atoms with E-state index in [4.69, 9.17) is 15.2 Å². The van der Waals surface area contributed by atoms with Crippen LogP contribution in [-0.4, -0.2) is 16.1 Å². The van der Waals surface area contributed by atoms with Crippen molar-refractivity contribution in [2.75, 3.05) is 0 Å². The van der Waals surface area contributed by atoms with E-state index in [0.29, 0.717) is 23.7 Å². The minimum Gasteiger partial charge on any atom is -0.459 e. The second-order valence-corrected chi connectivity index (χ2v) is 6.10. The van der Waals surface area contributed by atoms with Crippen molar-refractivity contribution in [1.82, 2.24) is 4.98 Å². The molecule has 0 saturated carbocycles. The molecule has 3 unspecified atom stereocenters. The molecule has 5 nitrogen and oxygen atoms in total. The molecule has 5 heteroatoms. The molecule has 1 aliphatic rings. The van der Waals surface area contributed by atoms with Crippen LogP contribution in [-0.2, 0) is 11.3 Å². The maximum atomic E-state index is 10.4. The van der Waals surface area contributed by atoms with Gasteiger partial charge in [-0.15, -0.1) is 0 Å². The molecule has 128 valence electrons. The minimum atomic E-state index is -0.770. The SMILES string of the molecule is CCCCC(N)C(O)c1ccc2c(n1)COC(c1ccccc1)O2. The number of hydrogen-bond acceptors (Lipinski definition) is 5. The molecule has 0 fully saturated rings. The second-order valence-electron chi connectivity index (χ2n) is 6.10. The highest BCUT2D eigenvalue weighted by atomic mass is 16.7. The lowest BCUT2D eigenvalue weighted by Gasteiger charge is -2.27. The van der Waals surface area contributed by atoms with Gasteiger partial charge in [-0.3, -0.25) is 0 Å². The quantitative estimate of drug-likeness (QED) is 0.851. The number of aliphatic hydroxyl groups excluding tert-OH is 1. The predicted octanol–water partition coefficient (Wildman–Crippen LogP) is 3.24. The number of nitrogens with two attached hydrogens (primary N) is 1. The van der Waals surface area contributed by atoms with E-state index in [2.05, 4.69) is 11.9 Å². The van der Waals surface area contributed by atoms with Crippen LogP contribution >= 0.6 is 0 Å². The molecular formula is C19H24N2O3. The topological polar surface area (TPSA) is 77.6 Å². The largest absolute Gasteiger partial charge is 0.459 e. The van der Waals surface area contributed by atoms with Crippen molar-refractivity contribution < 1.29 is 14.6 Å². The van der Waals surface area contributed by atoms with Gasteiger partial charge in [0.2, 0.25) is 6.29 Å². The number of benzene rings is 1. The Hall–Kier alpha value is -1.95. The van der Waals surface area contributed by atoms with Crippen molar-refractivity contribution >= 4 is 0 Å². The zero-order chi connectivity index (χ0) is 16.9. The number of aromatic nitrogens is 1. The fourth-order valence-corrected chi connectivity index (χ4v) is 2.78. The third kappa shape index (κ3) is 3.75. The minimum absolute atomic E-state index is 0.307. The third-order valence-corrected chi connectivity index (χ3v) is 4.23. The Morgan fingerprint density at radius 3 is 2.79 bits per heavy atom. The van der Waals surface area contributed by atoms with Gasteiger partial charge < -0.3 is 20.3 Å². The first-order valence-electron chi connectivity index (χ1n) is 8.45. The Kier molecular flexibility index (Phi) is 5.45. The maximum Gasteiger partial charge on any atom is 0.227 e. The van der Waals surface area contributed by atoms with Crippen LogP contribution in [0.1, 0.15) is 55.5 Å². The van der Waals surface area contributed by atoms with Crippen molar-refractivity contribution in [2.24, 2.45) is 5.73 Å². The van der Waals surface area contributed by atoms with Crippen LogP contribution in [0.5, 0.6) is 5.75 Å². The standard InChI is InChI=1S/C19H24N2O3/c1-2-3-9-14(20)18(22)15-10-11-17-16(21-15)12-23-19(24-17)13-7-5-4-6-8-13/h4-8,10-11,14,18-19,22H,2-3,9,12,20H2,1H3. The number of nitrogens with zero attached hydrogens (tertiary/aromatic N) is 1. The highest BCUT2D eigenvalue weighted by Crippen LogP contribution is 2.33. The van der Waals surface area contributed by atoms with Gasteiger partial charge in [-0.25, -0.2) is 4.98 Å². The Labute approximate surface area is 142 Å². The van der Waals surface area contributed by atoms with Gasteiger partial charge >= 0.3 is 0 Å². The molecule has 2 heterocycles. The molecule has 1 aromatic heterocycles. The molecule has 3 atom stereocenters. The summed E-state index contributed by atoms with van der Waals surface area (Å²) in [7, 11) is 0. The van der Waals surface area contributed by atoms with Gasteiger partial charge in [0.1, 0.15) is 17.5 Å². The van der Waals surface area contributed by atoms with Gasteiger partial charge in [0, 0.05) is 11.6 Å². The van der Waals surface area contributed by atoms with E-state index in [1.807, 2.05) is 36.4 Å². The van der Waals surface area contributed by atoms with Gasteiger partial charge in [-0.2, -0.15) is 0 Å². The van der Waals surface area contributed by atoms with Crippen molar-refractivity contribution in [1.29, 1.82) is 0 Å². The van der Waals surface area contributed by atoms with Crippen LogP contribution in [0.2, 0.25) is 0 Å². The van der Waals surface area contributed by atoms with E-state index in [-0.39, 0.29) is 6.04 Å². The molecule has 1 aromatic carbocycles. The Morgan fingerprint density at radius 1 is 1.25 bits per heavy atom. The van der Waals surface area contributed by atoms with Crippen LogP contribution < -0.4 is 10.5 Å². The van der Waals surface area contributed by atoms with E-state index >= 15 is 0 Å². The molecule has 0 spiro atoms. The number of hydrogen-bond donors (Lipinski definition) is 2. The lowest BCUT2D eigenvalue weighted by molar-refractivity contribution is -0.113. The summed E-state index contributed by atoms with van der Waals surface area (Å²) >= 11 is 0. The van der Waals surface area contributed by atoms with Gasteiger partial charge in [0.25, 0.3) is 0 Å². The summed E-state index contributed by atoms with van der Waals surface area (Å²) in [5.74, 6) is 0.688. The van der Waals surface area contributed by atoms with Crippen LogP contribution in [0.3, 0.4) is 0 Å². The van der Waals surface area contributed by atoms with Gasteiger partial charge in [-0.1, -0.05) is 50.1 Å². The summed E-state index contributed by atoms with van der Waals surface area (Å²) < 4.78 is 11.6. The van der Waals surface area contributed by atoms with Crippen LogP contribution in [0.15, 0.2) is 42.5 Å². The smallest absolute Gasteiger partial charge is 0.227 e. The number of fused-ring (bicyclic) bond motifs is 1. The van der Waals surface area contributed by atoms with Gasteiger partial charge in [0.05, 0.1) is 12.3 Å². The number of ether oxygens (including phenoxy) is 2. The normalized spacial score (nSPS) is 19.2. The Balaban J connectivity index is 1.72. The number of aliphatic hydroxyl groups is 1. The molecule has 1 aliphatic heterocycles. The summed E-state index contributed by atoms with van der Waals surface area (Å²) in [5, 5.41) is 10.4. The zero-order valence-corrected chi connectivity index (χ0v) is 13.9. The molecule has 3 N–H and O–H groups in total. The molecule has 0 bridgehead atoms. The number of unbranched alkanes of at least 4 members (excludes halogenated alkanes) is 1. The molecule has 3 rings (SSSR count). The average Bonchev–Trinajstić information content (AvgIpc) is 2.65. The van der Waals surface area contributed by atoms with E-state index in [1.165, 1.54) is 0 Å². The highest BCUT2D eigenvalue weighted by molar-refractivity contribution is 5.32. The van der Waals surface area contributed by atoms with Crippen molar-refractivity contribution in [3.63, 3.8) is 0 Å². The van der Waals surface area contributed by atoms with E-state index in [0.717, 1.165) is 24.8 Å². The molecule has 0 radical (unpaired) electrons. The second kappa shape index (κ2) is 7.75. The fraction of sp³-hybridized carbons (Fsp3) is 0.421. The Morgan fingerprint density at radius 2 is 2.04 bits per heavy atom. The summed E-state index contributed by atoms with van der Waals surface area (Å²) in [6, 6.07) is 13.1. The monoisotopic (exact) mass is 328 g/mol. The van der Waals surface area contributed by atoms with Gasteiger partial charge in [0.15, 0.2) is 0 Å². The van der Waals surface area contributed by atoms with Crippen molar-refractivity contribution in [3.05, 3.63) is 59.4 Å². The summed E-state index contributed by atoms with van der Waals surface area (Å²) in [6.45, 7) is 2.45. The summed E-state index contributed by atoms with van der Waals surface area (Å²) in [4.78, 5) is 4.49. The lowest BCUT2D eigenvalue weighted by Crippen LogP contribution is -2.29. The van der Waals surface area contributed by atoms with Crippen molar-refractivity contribution in [3.8, 4) is 5.75 Å². The summed E-state index contributed by atoms with van der Waals surface area (Å²) in [5.41, 5.74) is 8.29. The molecular weight excluding hydrogens is 304 g/mol. The zero-order valence-electron chi connectivity index (χ0n) is 13.9. The van der Waals surface area contributed by atoms with E-state index < -0.39 is 12.4 Å². The lowest BCUT2D eigenvalue weighted by atomic mass is 10.0. The molecule has 0 amide bonds. The Bertz CT molecular complexity index is 663. The maximum absolute atomic E-state index is 10.4. The summed E-state index contributed by atoms with van der Waals surface area (Å²) in [6.07, 6.45) is 1.63. The first-order valence-corrected chi connectivity index (χ1v) is 8.45. The van der Waals surface area contributed by atoms with Crippen LogP contribution in [0.4, 0.5) is 0 Å². The van der Waals surface area contributed by atoms with Crippen LogP contribution in [0.25, 0.3) is 0 Å². The number of pyridine rings is 1. The first kappa shape index (κ1) is 16.9. The molecule has 0 saturated heterocycles. The van der Waals surface area contributed by atoms with Crippen LogP contribution in [0, 0.1) is 0 Å². The highest BCUT2D eigenvalue weighted by Gasteiger charge is 2.25. The molecule has 24 heavy (non-hydrogen) atoms. The fourth-order valence-electron chi connectivity index (χ4n) is 2.78. The first-order chi connectivity index (χ1) is 11.7. The van der Waals surface area contributed by atoms with E-state index in [9.17, 15) is 5.11 Å². The average molecular weight is 328 g/mol. The molecule has 0 aliphatic carbocycles. The van der Waals surface area contributed by atoms with E-state index in [1.54, 1.807) is 6.07 Å².